The molecular formula is C11H15BrN2O. The fraction of sp³-hybridized carbons (Fsp3) is 0.545. The quantitative estimate of drug-likeness (QED) is 0.915. The number of nitrogens with zero attached hydrogens (tertiary/aromatic N) is 1. The lowest BCUT2D eigenvalue weighted by Crippen LogP contribution is -2.30. The number of nitrogens with one attached hydrogen (secondary N) is 1. The van der Waals surface area contributed by atoms with Crippen LogP contribution in [-0.4, -0.2) is 24.7 Å². The second-order valence-electron chi connectivity index (χ2n) is 3.84. The van der Waals surface area contributed by atoms with Crippen molar-refractivity contribution in [3.05, 3.63) is 22.9 Å². The summed E-state index contributed by atoms with van der Waals surface area (Å²) in [6.45, 7) is 3.04. The first-order chi connectivity index (χ1) is 7.34. The largest absolute Gasteiger partial charge is 0.492 e. The van der Waals surface area contributed by atoms with Crippen LogP contribution in [0.2, 0.25) is 0 Å². The van der Waals surface area contributed by atoms with Gasteiger partial charge in [-0.25, -0.2) is 0 Å². The van der Waals surface area contributed by atoms with Crippen molar-refractivity contribution in [2.75, 3.05) is 19.7 Å². The molecule has 1 aromatic heterocycles. The number of ether oxygens (including phenoxy) is 1. The number of hydrogen-bond donors (Lipinski definition) is 1. The van der Waals surface area contributed by atoms with E-state index in [1.54, 1.807) is 12.4 Å². The molecule has 0 radical (unpaired) electrons. The Morgan fingerprint density at radius 2 is 2.20 bits per heavy atom. The van der Waals surface area contributed by atoms with E-state index in [0.29, 0.717) is 5.92 Å². The standard InChI is InChI=1S/C11H15BrN2O/c12-10-5-11(7-14-6-10)15-8-9-1-3-13-4-2-9/h5-7,9,13H,1-4,8H2. The molecule has 0 aliphatic carbocycles. The molecule has 2 heterocycles. The van der Waals surface area contributed by atoms with E-state index >= 15 is 0 Å². The molecule has 0 spiro atoms. The van der Waals surface area contributed by atoms with Gasteiger partial charge in [-0.2, -0.15) is 0 Å². The van der Waals surface area contributed by atoms with E-state index in [2.05, 4.69) is 26.2 Å². The van der Waals surface area contributed by atoms with Crippen LogP contribution in [0.5, 0.6) is 5.75 Å². The van der Waals surface area contributed by atoms with E-state index in [4.69, 9.17) is 4.74 Å². The van der Waals surface area contributed by atoms with Crippen LogP contribution < -0.4 is 10.1 Å². The average molecular weight is 271 g/mol. The molecule has 1 aliphatic heterocycles. The SMILES string of the molecule is Brc1cncc(OCC2CCNCC2)c1. The zero-order valence-corrected chi connectivity index (χ0v) is 10.2. The van der Waals surface area contributed by atoms with Crippen molar-refractivity contribution in [2.45, 2.75) is 12.8 Å². The first-order valence-corrected chi connectivity index (χ1v) is 6.08. The Morgan fingerprint density at radius 3 is 2.93 bits per heavy atom. The molecule has 2 rings (SSSR count). The normalized spacial score (nSPS) is 17.7. The van der Waals surface area contributed by atoms with Crippen LogP contribution in [0.15, 0.2) is 22.9 Å². The maximum absolute atomic E-state index is 5.71. The molecule has 1 aromatic rings. The van der Waals surface area contributed by atoms with Gasteiger partial charge in [0.25, 0.3) is 0 Å². The second kappa shape index (κ2) is 5.47. The highest BCUT2D eigenvalue weighted by Crippen LogP contribution is 2.18. The molecule has 3 nitrogen and oxygen atoms in total. The van der Waals surface area contributed by atoms with Gasteiger partial charge in [-0.3, -0.25) is 4.98 Å². The molecule has 0 unspecified atom stereocenters. The first kappa shape index (κ1) is 10.9. The molecule has 0 amide bonds. The molecule has 0 aromatic carbocycles. The van der Waals surface area contributed by atoms with E-state index in [9.17, 15) is 0 Å². The van der Waals surface area contributed by atoms with Crippen LogP contribution in [0, 0.1) is 5.92 Å². The van der Waals surface area contributed by atoms with E-state index in [-0.39, 0.29) is 0 Å². The molecule has 82 valence electrons. The number of rotatable bonds is 3. The van der Waals surface area contributed by atoms with E-state index in [1.165, 1.54) is 12.8 Å². The summed E-state index contributed by atoms with van der Waals surface area (Å²) in [5.74, 6) is 1.54. The van der Waals surface area contributed by atoms with E-state index in [1.807, 2.05) is 6.07 Å². The Hall–Kier alpha value is -0.610. The van der Waals surface area contributed by atoms with Gasteiger partial charge in [-0.1, -0.05) is 0 Å². The molecule has 0 saturated carbocycles. The van der Waals surface area contributed by atoms with Gasteiger partial charge in [0.1, 0.15) is 5.75 Å². The highest BCUT2D eigenvalue weighted by atomic mass is 79.9. The summed E-state index contributed by atoms with van der Waals surface area (Å²) in [5.41, 5.74) is 0. The van der Waals surface area contributed by atoms with Crippen molar-refractivity contribution >= 4 is 15.9 Å². The van der Waals surface area contributed by atoms with Gasteiger partial charge in [-0.15, -0.1) is 0 Å². The fourth-order valence-corrected chi connectivity index (χ4v) is 2.08. The van der Waals surface area contributed by atoms with Crippen LogP contribution in [0.1, 0.15) is 12.8 Å². The fourth-order valence-electron chi connectivity index (χ4n) is 1.73. The molecule has 1 saturated heterocycles. The molecule has 4 heteroatoms. The van der Waals surface area contributed by atoms with Crippen LogP contribution in [-0.2, 0) is 0 Å². The molecule has 0 bridgehead atoms. The molecular weight excluding hydrogens is 256 g/mol. The number of piperidine rings is 1. The smallest absolute Gasteiger partial charge is 0.138 e. The van der Waals surface area contributed by atoms with Crippen LogP contribution in [0.3, 0.4) is 0 Å². The predicted octanol–water partition coefficient (Wildman–Crippen LogP) is 2.22. The van der Waals surface area contributed by atoms with Crippen LogP contribution in [0.4, 0.5) is 0 Å². The zero-order chi connectivity index (χ0) is 10.5. The molecule has 1 fully saturated rings. The third-order valence-corrected chi connectivity index (χ3v) is 3.06. The summed E-state index contributed by atoms with van der Waals surface area (Å²) >= 11 is 3.38. The minimum Gasteiger partial charge on any atom is -0.492 e. The first-order valence-electron chi connectivity index (χ1n) is 5.28. The highest BCUT2D eigenvalue weighted by Gasteiger charge is 2.13. The summed E-state index contributed by atoms with van der Waals surface area (Å²) in [4.78, 5) is 4.06. The van der Waals surface area contributed by atoms with Crippen molar-refractivity contribution in [2.24, 2.45) is 5.92 Å². The van der Waals surface area contributed by atoms with E-state index < -0.39 is 0 Å². The molecule has 15 heavy (non-hydrogen) atoms. The van der Waals surface area contributed by atoms with Gasteiger partial charge < -0.3 is 10.1 Å². The second-order valence-corrected chi connectivity index (χ2v) is 4.76. The van der Waals surface area contributed by atoms with Gasteiger partial charge in [0, 0.05) is 10.7 Å². The van der Waals surface area contributed by atoms with Crippen LogP contribution in [0.25, 0.3) is 0 Å². The maximum atomic E-state index is 5.71. The summed E-state index contributed by atoms with van der Waals surface area (Å²) in [5, 5.41) is 3.35. The van der Waals surface area contributed by atoms with Crippen molar-refractivity contribution in [1.29, 1.82) is 0 Å². The van der Waals surface area contributed by atoms with E-state index in [0.717, 1.165) is 29.9 Å². The lowest BCUT2D eigenvalue weighted by molar-refractivity contribution is 0.214. The van der Waals surface area contributed by atoms with Gasteiger partial charge in [0.05, 0.1) is 12.8 Å². The minimum absolute atomic E-state index is 0.685. The lowest BCUT2D eigenvalue weighted by atomic mass is 9.99. The Bertz CT molecular complexity index is 313. The summed E-state index contributed by atoms with van der Waals surface area (Å²) in [7, 11) is 0. The number of aromatic nitrogens is 1. The van der Waals surface area contributed by atoms with Crippen LogP contribution >= 0.6 is 15.9 Å². The maximum Gasteiger partial charge on any atom is 0.138 e. The monoisotopic (exact) mass is 270 g/mol. The lowest BCUT2D eigenvalue weighted by Gasteiger charge is -2.22. The topological polar surface area (TPSA) is 34.1 Å². The Morgan fingerprint density at radius 1 is 1.40 bits per heavy atom. The van der Waals surface area contributed by atoms with Crippen molar-refractivity contribution in [1.82, 2.24) is 10.3 Å². The van der Waals surface area contributed by atoms with Gasteiger partial charge >= 0.3 is 0 Å². The van der Waals surface area contributed by atoms with Crippen molar-refractivity contribution < 1.29 is 4.74 Å². The summed E-state index contributed by atoms with van der Waals surface area (Å²) < 4.78 is 6.67. The van der Waals surface area contributed by atoms with Gasteiger partial charge in [0.2, 0.25) is 0 Å². The Kier molecular flexibility index (Phi) is 3.97. The third kappa shape index (κ3) is 3.47. The molecule has 0 atom stereocenters. The summed E-state index contributed by atoms with van der Waals surface area (Å²) in [6.07, 6.45) is 5.94. The van der Waals surface area contributed by atoms with Gasteiger partial charge in [0.15, 0.2) is 0 Å². The zero-order valence-electron chi connectivity index (χ0n) is 8.58. The van der Waals surface area contributed by atoms with Crippen molar-refractivity contribution in [3.8, 4) is 5.75 Å². The molecule has 1 aliphatic rings. The Labute approximate surface area is 98.4 Å². The number of halogens is 1. The summed E-state index contributed by atoms with van der Waals surface area (Å²) in [6, 6.07) is 1.95. The average Bonchev–Trinajstić information content (AvgIpc) is 2.28. The predicted molar refractivity (Wildman–Crippen MR) is 63.0 cm³/mol. The number of hydrogen-bond acceptors (Lipinski definition) is 3. The van der Waals surface area contributed by atoms with Crippen molar-refractivity contribution in [3.63, 3.8) is 0 Å². The Balaban J connectivity index is 1.81. The minimum atomic E-state index is 0.685. The number of pyridine rings is 1. The third-order valence-electron chi connectivity index (χ3n) is 2.62. The molecule has 1 N–H and O–H groups in total. The highest BCUT2D eigenvalue weighted by molar-refractivity contribution is 9.10. The van der Waals surface area contributed by atoms with Gasteiger partial charge in [-0.05, 0) is 53.8 Å².